The van der Waals surface area contributed by atoms with E-state index < -0.39 is 0 Å². The van der Waals surface area contributed by atoms with Crippen molar-refractivity contribution in [2.75, 3.05) is 11.5 Å². The van der Waals surface area contributed by atoms with Gasteiger partial charge < -0.3 is 5.11 Å². The fraction of sp³-hybridized carbons (Fsp3) is 0.600. The fourth-order valence-corrected chi connectivity index (χ4v) is 2.78. The molecule has 1 aromatic rings. The normalized spacial score (nSPS) is 13.0. The minimum atomic E-state index is -0.324. The molecule has 0 saturated carbocycles. The molecule has 1 aromatic carbocycles. The van der Waals surface area contributed by atoms with Crippen molar-refractivity contribution in [1.29, 1.82) is 0 Å². The van der Waals surface area contributed by atoms with Gasteiger partial charge in [0.15, 0.2) is 0 Å². The lowest BCUT2D eigenvalue weighted by atomic mass is 10.0. The molecule has 0 bridgehead atoms. The predicted octanol–water partition coefficient (Wildman–Crippen LogP) is 4.06. The molecule has 1 rings (SSSR count). The molecule has 0 saturated heterocycles. The third kappa shape index (κ3) is 5.60. The largest absolute Gasteiger partial charge is 0.388 e. The van der Waals surface area contributed by atoms with Crippen molar-refractivity contribution in [1.82, 2.24) is 0 Å². The van der Waals surface area contributed by atoms with Crippen LogP contribution in [0.5, 0.6) is 0 Å². The van der Waals surface area contributed by atoms with E-state index in [1.807, 2.05) is 17.8 Å². The second kappa shape index (κ2) is 7.78. The van der Waals surface area contributed by atoms with Crippen LogP contribution in [0.3, 0.4) is 0 Å². The summed E-state index contributed by atoms with van der Waals surface area (Å²) in [6, 6.07) is 8.36. The molecule has 2 heteroatoms. The first-order chi connectivity index (χ1) is 8.13. The summed E-state index contributed by atoms with van der Waals surface area (Å²) in [5.74, 6) is 2.61. The van der Waals surface area contributed by atoms with E-state index in [0.29, 0.717) is 5.92 Å². The maximum absolute atomic E-state index is 10.1. The maximum atomic E-state index is 10.1. The van der Waals surface area contributed by atoms with Crippen LogP contribution in [0.4, 0.5) is 0 Å². The van der Waals surface area contributed by atoms with Gasteiger partial charge in [-0.1, -0.05) is 51.5 Å². The number of benzene rings is 1. The average molecular weight is 252 g/mol. The molecular weight excluding hydrogens is 228 g/mol. The van der Waals surface area contributed by atoms with Gasteiger partial charge in [-0.05, 0) is 29.2 Å². The number of thioether (sulfide) groups is 1. The summed E-state index contributed by atoms with van der Waals surface area (Å²) in [6.45, 7) is 6.60. The summed E-state index contributed by atoms with van der Waals surface area (Å²) in [5, 5.41) is 10.1. The standard InChI is InChI=1S/C15H24OS/c1-4-6-13-7-5-8-14(9-13)15(16)11-17-10-12(2)3/h5,7-9,12,15-16H,4,6,10-11H2,1-3H3. The molecule has 0 amide bonds. The molecule has 1 N–H and O–H groups in total. The van der Waals surface area contributed by atoms with Gasteiger partial charge in [-0.15, -0.1) is 0 Å². The molecule has 0 aliphatic heterocycles. The summed E-state index contributed by atoms with van der Waals surface area (Å²) in [6.07, 6.45) is 1.93. The van der Waals surface area contributed by atoms with Crippen LogP contribution in [0.15, 0.2) is 24.3 Å². The van der Waals surface area contributed by atoms with Crippen molar-refractivity contribution < 1.29 is 5.11 Å². The Labute approximate surface area is 110 Å². The molecule has 0 radical (unpaired) electrons. The molecule has 96 valence electrons. The van der Waals surface area contributed by atoms with Crippen molar-refractivity contribution in [2.24, 2.45) is 5.92 Å². The Bertz CT molecular complexity index is 322. The van der Waals surface area contributed by atoms with Gasteiger partial charge in [0.05, 0.1) is 6.10 Å². The van der Waals surface area contributed by atoms with Crippen LogP contribution < -0.4 is 0 Å². The Hall–Kier alpha value is -0.470. The van der Waals surface area contributed by atoms with E-state index in [2.05, 4.69) is 39.0 Å². The number of aliphatic hydroxyl groups excluding tert-OH is 1. The lowest BCUT2D eigenvalue weighted by Gasteiger charge is -2.13. The molecule has 0 spiro atoms. The monoisotopic (exact) mass is 252 g/mol. The van der Waals surface area contributed by atoms with E-state index in [1.54, 1.807) is 0 Å². The molecule has 0 aromatic heterocycles. The van der Waals surface area contributed by atoms with E-state index in [-0.39, 0.29) is 6.10 Å². The van der Waals surface area contributed by atoms with Crippen LogP contribution in [0.1, 0.15) is 44.4 Å². The van der Waals surface area contributed by atoms with E-state index >= 15 is 0 Å². The maximum Gasteiger partial charge on any atom is 0.0880 e. The Balaban J connectivity index is 2.50. The Morgan fingerprint density at radius 1 is 1.24 bits per heavy atom. The first-order valence-corrected chi connectivity index (χ1v) is 7.63. The zero-order valence-corrected chi connectivity index (χ0v) is 12.0. The fourth-order valence-electron chi connectivity index (χ4n) is 1.76. The second-order valence-electron chi connectivity index (χ2n) is 4.94. The smallest absolute Gasteiger partial charge is 0.0880 e. The third-order valence-corrected chi connectivity index (χ3v) is 4.06. The quantitative estimate of drug-likeness (QED) is 0.789. The molecule has 0 fully saturated rings. The highest BCUT2D eigenvalue weighted by Crippen LogP contribution is 2.21. The molecule has 1 atom stereocenters. The number of aliphatic hydroxyl groups is 1. The van der Waals surface area contributed by atoms with Gasteiger partial charge >= 0.3 is 0 Å². The van der Waals surface area contributed by atoms with Crippen LogP contribution in [0.25, 0.3) is 0 Å². The molecule has 0 heterocycles. The lowest BCUT2D eigenvalue weighted by Crippen LogP contribution is -2.03. The van der Waals surface area contributed by atoms with Crippen LogP contribution in [0.2, 0.25) is 0 Å². The van der Waals surface area contributed by atoms with E-state index in [0.717, 1.165) is 29.9 Å². The van der Waals surface area contributed by atoms with Crippen molar-refractivity contribution in [3.8, 4) is 0 Å². The van der Waals surface area contributed by atoms with Crippen LogP contribution in [-0.4, -0.2) is 16.6 Å². The van der Waals surface area contributed by atoms with E-state index in [1.165, 1.54) is 5.56 Å². The second-order valence-corrected chi connectivity index (χ2v) is 6.02. The van der Waals surface area contributed by atoms with Gasteiger partial charge in [-0.2, -0.15) is 11.8 Å². The number of rotatable bonds is 7. The summed E-state index contributed by atoms with van der Waals surface area (Å²) in [5.41, 5.74) is 2.39. The first kappa shape index (κ1) is 14.6. The minimum Gasteiger partial charge on any atom is -0.388 e. The van der Waals surface area contributed by atoms with E-state index in [9.17, 15) is 5.11 Å². The summed E-state index contributed by atoms with van der Waals surface area (Å²) in [7, 11) is 0. The van der Waals surface area contributed by atoms with Crippen LogP contribution in [-0.2, 0) is 6.42 Å². The van der Waals surface area contributed by atoms with Crippen molar-refractivity contribution in [3.05, 3.63) is 35.4 Å². The molecular formula is C15H24OS. The van der Waals surface area contributed by atoms with Gasteiger partial charge in [0, 0.05) is 5.75 Å². The van der Waals surface area contributed by atoms with Crippen molar-refractivity contribution in [3.63, 3.8) is 0 Å². The van der Waals surface area contributed by atoms with Gasteiger partial charge in [-0.25, -0.2) is 0 Å². The van der Waals surface area contributed by atoms with Gasteiger partial charge in [0.1, 0.15) is 0 Å². The Morgan fingerprint density at radius 3 is 2.65 bits per heavy atom. The molecule has 0 aliphatic carbocycles. The highest BCUT2D eigenvalue weighted by atomic mass is 32.2. The number of hydrogen-bond donors (Lipinski definition) is 1. The van der Waals surface area contributed by atoms with E-state index in [4.69, 9.17) is 0 Å². The highest BCUT2D eigenvalue weighted by molar-refractivity contribution is 7.99. The molecule has 17 heavy (non-hydrogen) atoms. The number of hydrogen-bond acceptors (Lipinski definition) is 2. The first-order valence-electron chi connectivity index (χ1n) is 6.48. The van der Waals surface area contributed by atoms with Crippen molar-refractivity contribution in [2.45, 2.75) is 39.7 Å². The molecule has 1 unspecified atom stereocenters. The average Bonchev–Trinajstić information content (AvgIpc) is 2.29. The molecule has 1 nitrogen and oxygen atoms in total. The lowest BCUT2D eigenvalue weighted by molar-refractivity contribution is 0.204. The third-order valence-electron chi connectivity index (χ3n) is 2.60. The number of aryl methyl sites for hydroxylation is 1. The zero-order valence-electron chi connectivity index (χ0n) is 11.1. The van der Waals surface area contributed by atoms with Crippen molar-refractivity contribution >= 4 is 11.8 Å². The summed E-state index contributed by atoms with van der Waals surface area (Å²) < 4.78 is 0. The van der Waals surface area contributed by atoms with Gasteiger partial charge in [0.2, 0.25) is 0 Å². The SMILES string of the molecule is CCCc1cccc(C(O)CSCC(C)C)c1. The summed E-state index contributed by atoms with van der Waals surface area (Å²) >= 11 is 1.83. The Kier molecular flexibility index (Phi) is 6.68. The Morgan fingerprint density at radius 2 is 2.00 bits per heavy atom. The van der Waals surface area contributed by atoms with Gasteiger partial charge in [0.25, 0.3) is 0 Å². The van der Waals surface area contributed by atoms with Gasteiger partial charge in [-0.3, -0.25) is 0 Å². The van der Waals surface area contributed by atoms with Crippen LogP contribution >= 0.6 is 11.8 Å². The zero-order chi connectivity index (χ0) is 12.7. The van der Waals surface area contributed by atoms with Crippen LogP contribution in [0, 0.1) is 5.92 Å². The molecule has 0 aliphatic rings. The topological polar surface area (TPSA) is 20.2 Å². The highest BCUT2D eigenvalue weighted by Gasteiger charge is 2.08. The predicted molar refractivity (Wildman–Crippen MR) is 77.6 cm³/mol. The minimum absolute atomic E-state index is 0.324. The summed E-state index contributed by atoms with van der Waals surface area (Å²) in [4.78, 5) is 0.